The van der Waals surface area contributed by atoms with E-state index in [1.165, 1.54) is 0 Å². The van der Waals surface area contributed by atoms with Crippen LogP contribution in [0.2, 0.25) is 0 Å². The summed E-state index contributed by atoms with van der Waals surface area (Å²) in [4.78, 5) is 1.14. The maximum Gasteiger partial charge on any atom is 0.129 e. The van der Waals surface area contributed by atoms with E-state index in [-0.39, 0.29) is 0 Å². The molecular formula is C14H14BrNO2S. The van der Waals surface area contributed by atoms with Crippen LogP contribution in [0.4, 0.5) is 0 Å². The number of ether oxygens (including phenoxy) is 1. The van der Waals surface area contributed by atoms with Crippen molar-refractivity contribution in [2.45, 2.75) is 20.5 Å². The van der Waals surface area contributed by atoms with Crippen molar-refractivity contribution in [1.82, 2.24) is 0 Å². The Kier molecular flexibility index (Phi) is 4.61. The minimum Gasteiger partial charge on any atom is -0.487 e. The Hall–Kier alpha value is -1.33. The second-order valence-electron chi connectivity index (χ2n) is 4.20. The highest BCUT2D eigenvalue weighted by atomic mass is 79.9. The summed E-state index contributed by atoms with van der Waals surface area (Å²) < 4.78 is 6.90. The van der Waals surface area contributed by atoms with E-state index in [2.05, 4.69) is 21.1 Å². The fourth-order valence-electron chi connectivity index (χ4n) is 1.68. The van der Waals surface area contributed by atoms with E-state index < -0.39 is 0 Å². The molecule has 100 valence electrons. The van der Waals surface area contributed by atoms with Gasteiger partial charge in [0, 0.05) is 20.3 Å². The summed E-state index contributed by atoms with van der Waals surface area (Å²) in [7, 11) is 0. The topological polar surface area (TPSA) is 41.8 Å². The molecule has 0 amide bonds. The second-order valence-corrected chi connectivity index (χ2v) is 6.12. The summed E-state index contributed by atoms with van der Waals surface area (Å²) in [6.07, 6.45) is 0. The van der Waals surface area contributed by atoms with E-state index in [9.17, 15) is 0 Å². The molecule has 0 aliphatic carbocycles. The zero-order valence-corrected chi connectivity index (χ0v) is 13.1. The first-order chi connectivity index (χ1) is 9.10. The minimum atomic E-state index is 0.505. The zero-order valence-electron chi connectivity index (χ0n) is 10.7. The van der Waals surface area contributed by atoms with Crippen LogP contribution < -0.4 is 4.74 Å². The van der Waals surface area contributed by atoms with Gasteiger partial charge in [-0.15, -0.1) is 11.3 Å². The number of rotatable bonds is 4. The van der Waals surface area contributed by atoms with E-state index in [0.717, 1.165) is 26.2 Å². The van der Waals surface area contributed by atoms with Crippen LogP contribution in [0.3, 0.4) is 0 Å². The van der Waals surface area contributed by atoms with Gasteiger partial charge in [0.25, 0.3) is 0 Å². The van der Waals surface area contributed by atoms with Crippen molar-refractivity contribution >= 4 is 33.0 Å². The first kappa shape index (κ1) is 14.1. The normalized spacial score (nSPS) is 11.6. The number of hydrogen-bond acceptors (Lipinski definition) is 4. The van der Waals surface area contributed by atoms with Crippen molar-refractivity contribution in [3.05, 3.63) is 50.1 Å². The monoisotopic (exact) mass is 339 g/mol. The SMILES string of the molecule is CC(=NO)c1ccc(C)cc1OCc1cc(Br)cs1. The van der Waals surface area contributed by atoms with E-state index in [4.69, 9.17) is 9.94 Å². The third-order valence-corrected chi connectivity index (χ3v) is 4.34. The largest absolute Gasteiger partial charge is 0.487 e. The molecule has 2 aromatic rings. The molecule has 1 aromatic heterocycles. The summed E-state index contributed by atoms with van der Waals surface area (Å²) in [6.45, 7) is 4.26. The molecule has 0 aliphatic rings. The van der Waals surface area contributed by atoms with Gasteiger partial charge < -0.3 is 9.94 Å². The van der Waals surface area contributed by atoms with Crippen molar-refractivity contribution in [1.29, 1.82) is 0 Å². The van der Waals surface area contributed by atoms with Crippen LogP contribution in [0.25, 0.3) is 0 Å². The molecule has 0 saturated heterocycles. The van der Waals surface area contributed by atoms with Gasteiger partial charge in [0.1, 0.15) is 12.4 Å². The third-order valence-electron chi connectivity index (χ3n) is 2.67. The molecule has 0 aliphatic heterocycles. The summed E-state index contributed by atoms with van der Waals surface area (Å²) in [5.74, 6) is 0.736. The quantitative estimate of drug-likeness (QED) is 0.502. The highest BCUT2D eigenvalue weighted by Crippen LogP contribution is 2.25. The smallest absolute Gasteiger partial charge is 0.129 e. The van der Waals surface area contributed by atoms with Gasteiger partial charge in [-0.1, -0.05) is 11.2 Å². The third kappa shape index (κ3) is 3.58. The molecule has 0 fully saturated rings. The van der Waals surface area contributed by atoms with E-state index >= 15 is 0 Å². The standard InChI is InChI=1S/C14H14BrNO2S/c1-9-3-4-13(10(2)16-17)14(5-9)18-7-12-6-11(15)8-19-12/h3-6,8,17H,7H2,1-2H3. The molecule has 1 aromatic carbocycles. The van der Waals surface area contributed by atoms with Gasteiger partial charge >= 0.3 is 0 Å². The molecule has 0 unspecified atom stereocenters. The van der Waals surface area contributed by atoms with Gasteiger partial charge in [0.2, 0.25) is 0 Å². The van der Waals surface area contributed by atoms with E-state index in [0.29, 0.717) is 12.3 Å². The van der Waals surface area contributed by atoms with Crippen LogP contribution in [0.1, 0.15) is 22.9 Å². The van der Waals surface area contributed by atoms with Crippen LogP contribution in [0, 0.1) is 6.92 Å². The Balaban J connectivity index is 2.21. The molecule has 2 rings (SSSR count). The van der Waals surface area contributed by atoms with Crippen LogP contribution in [-0.4, -0.2) is 10.9 Å². The summed E-state index contributed by atoms with van der Waals surface area (Å²) in [6, 6.07) is 7.86. The number of aryl methyl sites for hydroxylation is 1. The molecule has 1 heterocycles. The van der Waals surface area contributed by atoms with Gasteiger partial charge in [-0.3, -0.25) is 0 Å². The maximum atomic E-state index is 8.90. The minimum absolute atomic E-state index is 0.505. The van der Waals surface area contributed by atoms with Crippen molar-refractivity contribution < 1.29 is 9.94 Å². The number of hydrogen-bond donors (Lipinski definition) is 1. The summed E-state index contributed by atoms with van der Waals surface area (Å²) >= 11 is 5.06. The van der Waals surface area contributed by atoms with Gasteiger partial charge in [-0.05, 0) is 53.5 Å². The zero-order chi connectivity index (χ0) is 13.8. The Labute approximate surface area is 124 Å². The Morgan fingerprint density at radius 2 is 2.21 bits per heavy atom. The van der Waals surface area contributed by atoms with E-state index in [1.54, 1.807) is 18.3 Å². The van der Waals surface area contributed by atoms with Gasteiger partial charge in [-0.25, -0.2) is 0 Å². The lowest BCUT2D eigenvalue weighted by molar-refractivity contribution is 0.306. The number of thiophene rings is 1. The summed E-state index contributed by atoms with van der Waals surface area (Å²) in [5.41, 5.74) is 2.46. The fraction of sp³-hybridized carbons (Fsp3) is 0.214. The fourth-order valence-corrected chi connectivity index (χ4v) is 3.04. The van der Waals surface area contributed by atoms with Crippen molar-refractivity contribution in [2.24, 2.45) is 5.16 Å². The maximum absolute atomic E-state index is 8.90. The lowest BCUT2D eigenvalue weighted by Gasteiger charge is -2.11. The van der Waals surface area contributed by atoms with Crippen molar-refractivity contribution in [2.75, 3.05) is 0 Å². The number of halogens is 1. The molecule has 1 N–H and O–H groups in total. The van der Waals surface area contributed by atoms with Crippen LogP contribution in [-0.2, 0) is 6.61 Å². The highest BCUT2D eigenvalue weighted by Gasteiger charge is 2.08. The van der Waals surface area contributed by atoms with Crippen molar-refractivity contribution in [3.63, 3.8) is 0 Å². The molecule has 0 spiro atoms. The number of nitrogens with zero attached hydrogens (tertiary/aromatic N) is 1. The first-order valence-corrected chi connectivity index (χ1v) is 7.43. The number of oxime groups is 1. The van der Waals surface area contributed by atoms with Gasteiger partial charge in [0.15, 0.2) is 0 Å². The predicted molar refractivity (Wildman–Crippen MR) is 81.5 cm³/mol. The lowest BCUT2D eigenvalue weighted by Crippen LogP contribution is -2.02. The van der Waals surface area contributed by atoms with Crippen LogP contribution in [0.5, 0.6) is 5.75 Å². The summed E-state index contributed by atoms with van der Waals surface area (Å²) in [5, 5.41) is 14.2. The van der Waals surface area contributed by atoms with Gasteiger partial charge in [0.05, 0.1) is 5.71 Å². The average Bonchev–Trinajstić information content (AvgIpc) is 2.81. The molecule has 0 radical (unpaired) electrons. The molecule has 0 bridgehead atoms. The average molecular weight is 340 g/mol. The van der Waals surface area contributed by atoms with Crippen LogP contribution in [0.15, 0.2) is 39.3 Å². The van der Waals surface area contributed by atoms with Crippen molar-refractivity contribution in [3.8, 4) is 5.75 Å². The Morgan fingerprint density at radius 1 is 1.42 bits per heavy atom. The molecule has 5 heteroatoms. The predicted octanol–water partition coefficient (Wildman–Crippen LogP) is 4.60. The highest BCUT2D eigenvalue weighted by molar-refractivity contribution is 9.10. The Bertz CT molecular complexity index is 607. The van der Waals surface area contributed by atoms with E-state index in [1.807, 2.05) is 36.6 Å². The van der Waals surface area contributed by atoms with Crippen LogP contribution >= 0.6 is 27.3 Å². The number of benzene rings is 1. The van der Waals surface area contributed by atoms with Gasteiger partial charge in [-0.2, -0.15) is 0 Å². The second kappa shape index (κ2) is 6.21. The molecular weight excluding hydrogens is 326 g/mol. The Morgan fingerprint density at radius 3 is 2.84 bits per heavy atom. The molecule has 0 atom stereocenters. The molecule has 19 heavy (non-hydrogen) atoms. The molecule has 3 nitrogen and oxygen atoms in total. The lowest BCUT2D eigenvalue weighted by atomic mass is 10.1. The first-order valence-electron chi connectivity index (χ1n) is 5.75. The molecule has 0 saturated carbocycles.